The van der Waals surface area contributed by atoms with Crippen molar-refractivity contribution in [2.45, 2.75) is 39.5 Å². The Morgan fingerprint density at radius 3 is 2.48 bits per heavy atom. The molecule has 0 radical (unpaired) electrons. The summed E-state index contributed by atoms with van der Waals surface area (Å²) in [7, 11) is 0. The third kappa shape index (κ3) is 8.39. The van der Waals surface area contributed by atoms with Gasteiger partial charge >= 0.3 is 0 Å². The maximum Gasteiger partial charge on any atom is 0.222 e. The number of hydrogen-bond donors (Lipinski definition) is 1. The molecule has 0 bridgehead atoms. The third-order valence-electron chi connectivity index (χ3n) is 3.88. The van der Waals surface area contributed by atoms with Crippen LogP contribution in [-0.2, 0) is 9.53 Å². The molecular weight excluding hydrogens is 268 g/mol. The molecule has 1 rings (SSSR count). The van der Waals surface area contributed by atoms with Gasteiger partial charge in [-0.3, -0.25) is 9.69 Å². The van der Waals surface area contributed by atoms with Gasteiger partial charge in [-0.25, -0.2) is 0 Å². The molecule has 0 aromatic carbocycles. The lowest BCUT2D eigenvalue weighted by Gasteiger charge is -2.34. The van der Waals surface area contributed by atoms with Gasteiger partial charge in [0.1, 0.15) is 0 Å². The standard InChI is InChI=1S/C16H32N2O3/c1-15(2)6-14-21-13-3-5-16(20)18-10-8-17(9-11-18)7-4-12-19/h15,19H,3-14H2,1-2H3. The van der Waals surface area contributed by atoms with E-state index in [4.69, 9.17) is 9.84 Å². The van der Waals surface area contributed by atoms with Gasteiger partial charge in [-0.1, -0.05) is 13.8 Å². The molecule has 0 aromatic heterocycles. The van der Waals surface area contributed by atoms with Crippen molar-refractivity contribution >= 4 is 5.91 Å². The van der Waals surface area contributed by atoms with E-state index >= 15 is 0 Å². The van der Waals surface area contributed by atoms with Gasteiger partial charge < -0.3 is 14.7 Å². The monoisotopic (exact) mass is 300 g/mol. The van der Waals surface area contributed by atoms with Gasteiger partial charge in [0.2, 0.25) is 5.91 Å². The van der Waals surface area contributed by atoms with E-state index in [1.165, 1.54) is 0 Å². The number of piperazine rings is 1. The summed E-state index contributed by atoms with van der Waals surface area (Å²) in [5.41, 5.74) is 0. The van der Waals surface area contributed by atoms with E-state index in [0.29, 0.717) is 18.9 Å². The lowest BCUT2D eigenvalue weighted by molar-refractivity contribution is -0.133. The van der Waals surface area contributed by atoms with Gasteiger partial charge in [0.25, 0.3) is 0 Å². The second-order valence-corrected chi connectivity index (χ2v) is 6.20. The molecule has 1 heterocycles. The fourth-order valence-electron chi connectivity index (χ4n) is 2.42. The molecule has 0 aromatic rings. The minimum atomic E-state index is 0.246. The highest BCUT2D eigenvalue weighted by atomic mass is 16.5. The van der Waals surface area contributed by atoms with Crippen LogP contribution in [0.15, 0.2) is 0 Å². The molecule has 124 valence electrons. The molecule has 1 N–H and O–H groups in total. The molecule has 5 heteroatoms. The molecule has 1 amide bonds. The predicted molar refractivity (Wildman–Crippen MR) is 84.2 cm³/mol. The van der Waals surface area contributed by atoms with E-state index < -0.39 is 0 Å². The van der Waals surface area contributed by atoms with Crippen LogP contribution in [0.5, 0.6) is 0 Å². The number of nitrogens with zero attached hydrogens (tertiary/aromatic N) is 2. The van der Waals surface area contributed by atoms with Crippen molar-refractivity contribution in [3.05, 3.63) is 0 Å². The lowest BCUT2D eigenvalue weighted by atomic mass is 10.1. The predicted octanol–water partition coefficient (Wildman–Crippen LogP) is 1.36. The Kier molecular flexibility index (Phi) is 9.63. The van der Waals surface area contributed by atoms with Crippen molar-refractivity contribution in [1.29, 1.82) is 0 Å². The first-order chi connectivity index (χ1) is 10.1. The highest BCUT2D eigenvalue weighted by Gasteiger charge is 2.20. The van der Waals surface area contributed by atoms with Gasteiger partial charge in [0.05, 0.1) is 0 Å². The zero-order valence-corrected chi connectivity index (χ0v) is 13.7. The second-order valence-electron chi connectivity index (χ2n) is 6.20. The topological polar surface area (TPSA) is 53.0 Å². The molecule has 1 saturated heterocycles. The van der Waals surface area contributed by atoms with Crippen LogP contribution in [0.4, 0.5) is 0 Å². The number of ether oxygens (including phenoxy) is 1. The van der Waals surface area contributed by atoms with Gasteiger partial charge in [-0.05, 0) is 25.2 Å². The molecule has 0 atom stereocenters. The van der Waals surface area contributed by atoms with Crippen LogP contribution in [0.25, 0.3) is 0 Å². The Labute approximate surface area is 129 Å². The SMILES string of the molecule is CC(C)CCOCCCC(=O)N1CCN(CCCO)CC1. The Morgan fingerprint density at radius 1 is 1.14 bits per heavy atom. The van der Waals surface area contributed by atoms with Crippen LogP contribution >= 0.6 is 0 Å². The summed E-state index contributed by atoms with van der Waals surface area (Å²) >= 11 is 0. The molecule has 1 aliphatic rings. The maximum atomic E-state index is 12.1. The normalized spacial score (nSPS) is 16.7. The van der Waals surface area contributed by atoms with E-state index in [9.17, 15) is 4.79 Å². The molecule has 1 fully saturated rings. The fourth-order valence-corrected chi connectivity index (χ4v) is 2.42. The number of carbonyl (C=O) groups is 1. The number of carbonyl (C=O) groups excluding carboxylic acids is 1. The summed E-state index contributed by atoms with van der Waals surface area (Å²) in [6.45, 7) is 10.5. The number of rotatable bonds is 10. The summed E-state index contributed by atoms with van der Waals surface area (Å²) in [6.07, 6.45) is 3.32. The van der Waals surface area contributed by atoms with Crippen LogP contribution in [0.1, 0.15) is 39.5 Å². The second kappa shape index (κ2) is 11.0. The highest BCUT2D eigenvalue weighted by molar-refractivity contribution is 5.76. The minimum Gasteiger partial charge on any atom is -0.396 e. The van der Waals surface area contributed by atoms with Gasteiger partial charge in [-0.2, -0.15) is 0 Å². The Balaban J connectivity index is 2.03. The molecule has 1 aliphatic heterocycles. The van der Waals surface area contributed by atoms with E-state index in [1.54, 1.807) is 0 Å². The van der Waals surface area contributed by atoms with Crippen LogP contribution < -0.4 is 0 Å². The summed E-state index contributed by atoms with van der Waals surface area (Å²) in [5.74, 6) is 0.929. The van der Waals surface area contributed by atoms with Crippen LogP contribution in [0.3, 0.4) is 0 Å². The van der Waals surface area contributed by atoms with E-state index in [0.717, 1.165) is 58.6 Å². The smallest absolute Gasteiger partial charge is 0.222 e. The van der Waals surface area contributed by atoms with Gasteiger partial charge in [-0.15, -0.1) is 0 Å². The quantitative estimate of drug-likeness (QED) is 0.619. The van der Waals surface area contributed by atoms with E-state index in [-0.39, 0.29) is 12.5 Å². The van der Waals surface area contributed by atoms with E-state index in [2.05, 4.69) is 18.7 Å². The molecule has 0 unspecified atom stereocenters. The van der Waals surface area contributed by atoms with Crippen molar-refractivity contribution in [3.8, 4) is 0 Å². The molecule has 21 heavy (non-hydrogen) atoms. The average Bonchev–Trinajstić information content (AvgIpc) is 2.48. The third-order valence-corrected chi connectivity index (χ3v) is 3.88. The van der Waals surface area contributed by atoms with Crippen molar-refractivity contribution in [1.82, 2.24) is 9.80 Å². The molecular formula is C16H32N2O3. The number of amides is 1. The zero-order valence-electron chi connectivity index (χ0n) is 13.7. The van der Waals surface area contributed by atoms with Gasteiger partial charge in [0.15, 0.2) is 0 Å². The zero-order chi connectivity index (χ0) is 15.5. The number of aliphatic hydroxyl groups is 1. The Hall–Kier alpha value is -0.650. The summed E-state index contributed by atoms with van der Waals surface area (Å²) in [4.78, 5) is 16.3. The Bertz CT molecular complexity index is 277. The first-order valence-electron chi connectivity index (χ1n) is 8.32. The summed E-state index contributed by atoms with van der Waals surface area (Å²) in [6, 6.07) is 0. The van der Waals surface area contributed by atoms with Crippen molar-refractivity contribution in [2.24, 2.45) is 5.92 Å². The van der Waals surface area contributed by atoms with Gasteiger partial charge in [0, 0.05) is 59.0 Å². The van der Waals surface area contributed by atoms with Crippen LogP contribution in [0, 0.1) is 5.92 Å². The fraction of sp³-hybridized carbons (Fsp3) is 0.938. The minimum absolute atomic E-state index is 0.246. The van der Waals surface area contributed by atoms with Crippen molar-refractivity contribution in [2.75, 3.05) is 52.5 Å². The first kappa shape index (κ1) is 18.4. The average molecular weight is 300 g/mol. The number of hydrogen-bond acceptors (Lipinski definition) is 4. The van der Waals surface area contributed by atoms with Crippen molar-refractivity contribution in [3.63, 3.8) is 0 Å². The van der Waals surface area contributed by atoms with Crippen LogP contribution in [-0.4, -0.2) is 73.4 Å². The summed E-state index contributed by atoms with van der Waals surface area (Å²) < 4.78 is 5.54. The molecule has 5 nitrogen and oxygen atoms in total. The maximum absolute atomic E-state index is 12.1. The molecule has 0 spiro atoms. The summed E-state index contributed by atoms with van der Waals surface area (Å²) in [5, 5.41) is 8.82. The Morgan fingerprint density at radius 2 is 1.86 bits per heavy atom. The highest BCUT2D eigenvalue weighted by Crippen LogP contribution is 2.06. The first-order valence-corrected chi connectivity index (χ1v) is 8.32. The molecule has 0 saturated carbocycles. The van der Waals surface area contributed by atoms with Crippen LogP contribution in [0.2, 0.25) is 0 Å². The van der Waals surface area contributed by atoms with Crippen molar-refractivity contribution < 1.29 is 14.6 Å². The molecule has 0 aliphatic carbocycles. The largest absolute Gasteiger partial charge is 0.396 e. The number of aliphatic hydroxyl groups excluding tert-OH is 1. The van der Waals surface area contributed by atoms with E-state index in [1.807, 2.05) is 4.90 Å². The lowest BCUT2D eigenvalue weighted by Crippen LogP contribution is -2.48.